The van der Waals surface area contributed by atoms with Crippen molar-refractivity contribution in [2.24, 2.45) is 0 Å². The zero-order valence-electron chi connectivity index (χ0n) is 6.46. The summed E-state index contributed by atoms with van der Waals surface area (Å²) in [5.41, 5.74) is 0. The van der Waals surface area contributed by atoms with Crippen LogP contribution in [0.5, 0.6) is 0 Å². The van der Waals surface area contributed by atoms with E-state index in [2.05, 4.69) is 50.3 Å². The molecule has 1 aromatic rings. The molecule has 1 aromatic carbocycles. The van der Waals surface area contributed by atoms with Crippen LogP contribution in [0.2, 0.25) is 0 Å². The minimum atomic E-state index is 1.31. The SMILES string of the molecule is CC=c1ccccc1=CC. The Bertz CT molecular complexity index is 274. The predicted molar refractivity (Wildman–Crippen MR) is 46.0 cm³/mol. The minimum absolute atomic E-state index is 1.31. The Morgan fingerprint density at radius 2 is 1.30 bits per heavy atom. The molecule has 0 atom stereocenters. The Morgan fingerprint density at radius 1 is 0.900 bits per heavy atom. The molecule has 0 unspecified atom stereocenters. The molecule has 0 amide bonds. The van der Waals surface area contributed by atoms with E-state index in [1.165, 1.54) is 10.4 Å². The van der Waals surface area contributed by atoms with Gasteiger partial charge in [0.05, 0.1) is 0 Å². The average Bonchev–Trinajstić information content (AvgIpc) is 2.04. The lowest BCUT2D eigenvalue weighted by molar-refractivity contribution is 1.50. The normalized spacial score (nSPS) is 14.2. The maximum atomic E-state index is 2.12. The molecule has 0 spiro atoms. The third kappa shape index (κ3) is 1.27. The fraction of sp³-hybridized carbons (Fsp3) is 0.200. The molecule has 0 heteroatoms. The second-order valence-corrected chi connectivity index (χ2v) is 2.21. The van der Waals surface area contributed by atoms with Crippen molar-refractivity contribution in [2.45, 2.75) is 13.8 Å². The number of rotatable bonds is 0. The van der Waals surface area contributed by atoms with Gasteiger partial charge in [0.25, 0.3) is 0 Å². The van der Waals surface area contributed by atoms with Gasteiger partial charge >= 0.3 is 0 Å². The fourth-order valence-electron chi connectivity index (χ4n) is 1.04. The molecule has 52 valence electrons. The zero-order chi connectivity index (χ0) is 7.40. The molecule has 0 bridgehead atoms. The van der Waals surface area contributed by atoms with Gasteiger partial charge in [-0.2, -0.15) is 0 Å². The van der Waals surface area contributed by atoms with Crippen LogP contribution in [0.1, 0.15) is 13.8 Å². The van der Waals surface area contributed by atoms with Crippen molar-refractivity contribution in [3.05, 3.63) is 34.7 Å². The lowest BCUT2D eigenvalue weighted by Crippen LogP contribution is -2.22. The largest absolute Gasteiger partial charge is 0.0798 e. The molecule has 0 saturated carbocycles. The van der Waals surface area contributed by atoms with E-state index in [-0.39, 0.29) is 0 Å². The molecule has 10 heavy (non-hydrogen) atoms. The first-order valence-corrected chi connectivity index (χ1v) is 3.56. The molecule has 1 rings (SSSR count). The van der Waals surface area contributed by atoms with Gasteiger partial charge in [0.2, 0.25) is 0 Å². The quantitative estimate of drug-likeness (QED) is 0.499. The van der Waals surface area contributed by atoms with Crippen LogP contribution in [-0.2, 0) is 0 Å². The number of hydrogen-bond acceptors (Lipinski definition) is 0. The van der Waals surface area contributed by atoms with E-state index < -0.39 is 0 Å². The Balaban J connectivity index is 3.53. The van der Waals surface area contributed by atoms with Crippen molar-refractivity contribution in [2.75, 3.05) is 0 Å². The summed E-state index contributed by atoms with van der Waals surface area (Å²) in [5, 5.41) is 2.62. The highest BCUT2D eigenvalue weighted by Crippen LogP contribution is 1.71. The van der Waals surface area contributed by atoms with Crippen LogP contribution in [0.15, 0.2) is 24.3 Å². The second-order valence-electron chi connectivity index (χ2n) is 2.21. The molecule has 0 nitrogen and oxygen atoms in total. The fourth-order valence-corrected chi connectivity index (χ4v) is 1.04. The molecule has 0 saturated heterocycles. The maximum absolute atomic E-state index is 2.12. The first kappa shape index (κ1) is 7.07. The smallest absolute Gasteiger partial charge is 0.0230 e. The second kappa shape index (κ2) is 3.21. The predicted octanol–water partition coefficient (Wildman–Crippen LogP) is 1.29. The highest BCUT2D eigenvalue weighted by atomic mass is 13.8. The number of hydrogen-bond donors (Lipinski definition) is 0. The lowest BCUT2D eigenvalue weighted by atomic mass is 10.2. The molecule has 0 N–H and O–H groups in total. The molecular weight excluding hydrogens is 120 g/mol. The molecular formula is C10H12. The summed E-state index contributed by atoms with van der Waals surface area (Å²) in [6, 6.07) is 8.36. The van der Waals surface area contributed by atoms with Crippen LogP contribution < -0.4 is 10.4 Å². The van der Waals surface area contributed by atoms with Crippen molar-refractivity contribution >= 4 is 12.2 Å². The van der Waals surface area contributed by atoms with Gasteiger partial charge in [0, 0.05) is 0 Å². The van der Waals surface area contributed by atoms with E-state index in [1.54, 1.807) is 0 Å². The molecule has 0 aliphatic rings. The van der Waals surface area contributed by atoms with E-state index in [0.29, 0.717) is 0 Å². The summed E-state index contributed by atoms with van der Waals surface area (Å²) in [6.07, 6.45) is 4.24. The van der Waals surface area contributed by atoms with E-state index in [1.807, 2.05) is 0 Å². The van der Waals surface area contributed by atoms with E-state index in [9.17, 15) is 0 Å². The standard InChI is InChI=1S/C10H12/c1-3-9-7-5-6-8-10(9)4-2/h3-8H,1-2H3. The molecule has 0 aliphatic heterocycles. The highest BCUT2D eigenvalue weighted by Gasteiger charge is 1.77. The minimum Gasteiger partial charge on any atom is -0.0798 e. The first-order chi connectivity index (χ1) is 4.88. The lowest BCUT2D eigenvalue weighted by Gasteiger charge is -1.85. The van der Waals surface area contributed by atoms with Crippen molar-refractivity contribution in [3.63, 3.8) is 0 Å². The Kier molecular flexibility index (Phi) is 2.27. The van der Waals surface area contributed by atoms with Crippen LogP contribution in [0, 0.1) is 0 Å². The summed E-state index contributed by atoms with van der Waals surface area (Å²) >= 11 is 0. The van der Waals surface area contributed by atoms with E-state index in [0.717, 1.165) is 0 Å². The van der Waals surface area contributed by atoms with Crippen LogP contribution >= 0.6 is 0 Å². The van der Waals surface area contributed by atoms with Crippen molar-refractivity contribution in [3.8, 4) is 0 Å². The first-order valence-electron chi connectivity index (χ1n) is 3.56. The Hall–Kier alpha value is -1.04. The van der Waals surface area contributed by atoms with Gasteiger partial charge in [0.15, 0.2) is 0 Å². The third-order valence-corrected chi connectivity index (χ3v) is 1.62. The van der Waals surface area contributed by atoms with Crippen LogP contribution in [0.25, 0.3) is 12.2 Å². The molecule has 0 aromatic heterocycles. The van der Waals surface area contributed by atoms with Crippen molar-refractivity contribution < 1.29 is 0 Å². The molecule has 0 aliphatic carbocycles. The molecule has 0 fully saturated rings. The summed E-state index contributed by atoms with van der Waals surface area (Å²) in [4.78, 5) is 0. The Labute approximate surface area is 61.5 Å². The van der Waals surface area contributed by atoms with E-state index in [4.69, 9.17) is 0 Å². The van der Waals surface area contributed by atoms with Gasteiger partial charge in [0.1, 0.15) is 0 Å². The van der Waals surface area contributed by atoms with Gasteiger partial charge < -0.3 is 0 Å². The molecule has 0 radical (unpaired) electrons. The summed E-state index contributed by atoms with van der Waals surface area (Å²) < 4.78 is 0. The van der Waals surface area contributed by atoms with Crippen LogP contribution in [0.3, 0.4) is 0 Å². The topological polar surface area (TPSA) is 0 Å². The van der Waals surface area contributed by atoms with Crippen molar-refractivity contribution in [1.82, 2.24) is 0 Å². The number of benzene rings is 1. The van der Waals surface area contributed by atoms with E-state index >= 15 is 0 Å². The third-order valence-electron chi connectivity index (χ3n) is 1.62. The zero-order valence-corrected chi connectivity index (χ0v) is 6.46. The average molecular weight is 132 g/mol. The summed E-state index contributed by atoms with van der Waals surface area (Å²) in [7, 11) is 0. The monoisotopic (exact) mass is 132 g/mol. The van der Waals surface area contributed by atoms with Crippen LogP contribution in [0.4, 0.5) is 0 Å². The van der Waals surface area contributed by atoms with Crippen molar-refractivity contribution in [1.29, 1.82) is 0 Å². The van der Waals surface area contributed by atoms with Gasteiger partial charge in [-0.3, -0.25) is 0 Å². The van der Waals surface area contributed by atoms with Gasteiger partial charge in [-0.05, 0) is 24.3 Å². The van der Waals surface area contributed by atoms with Gasteiger partial charge in [-0.25, -0.2) is 0 Å². The summed E-state index contributed by atoms with van der Waals surface area (Å²) in [5.74, 6) is 0. The summed E-state index contributed by atoms with van der Waals surface area (Å²) in [6.45, 7) is 4.12. The maximum Gasteiger partial charge on any atom is -0.0230 e. The van der Waals surface area contributed by atoms with Crippen LogP contribution in [-0.4, -0.2) is 0 Å². The van der Waals surface area contributed by atoms with Gasteiger partial charge in [-0.15, -0.1) is 0 Å². The Morgan fingerprint density at radius 3 is 1.60 bits per heavy atom. The van der Waals surface area contributed by atoms with Gasteiger partial charge in [-0.1, -0.05) is 36.4 Å². The molecule has 0 heterocycles. The highest BCUT2D eigenvalue weighted by molar-refractivity contribution is 5.28.